The van der Waals surface area contributed by atoms with Crippen LogP contribution in [0.15, 0.2) is 11.6 Å². The summed E-state index contributed by atoms with van der Waals surface area (Å²) in [6, 6.07) is 1.84. The fourth-order valence-corrected chi connectivity index (χ4v) is 0.954. The van der Waals surface area contributed by atoms with E-state index in [1.165, 1.54) is 0 Å². The van der Waals surface area contributed by atoms with E-state index in [0.717, 1.165) is 12.8 Å². The normalized spacial score (nSPS) is 26.7. The molecule has 0 aromatic carbocycles. The molecule has 0 fully saturated rings. The summed E-state index contributed by atoms with van der Waals surface area (Å²) in [6.07, 6.45) is 2.98. The van der Waals surface area contributed by atoms with Gasteiger partial charge in [0, 0.05) is 0 Å². The number of alkyl halides is 1. The molecule has 1 unspecified atom stereocenters. The topological polar surface area (TPSA) is 23.8 Å². The first kappa shape index (κ1) is 6.28. The average molecular weight is 125 g/mol. The Morgan fingerprint density at radius 2 is 2.56 bits per heavy atom. The molecule has 2 heteroatoms. The number of nitriles is 1. The maximum absolute atomic E-state index is 12.6. The lowest BCUT2D eigenvalue weighted by atomic mass is 9.99. The molecule has 0 saturated carbocycles. The van der Waals surface area contributed by atoms with Gasteiger partial charge in [0.1, 0.15) is 6.17 Å². The number of nitrogens with zero attached hydrogens (tertiary/aromatic N) is 1. The molecule has 1 nitrogen and oxygen atoms in total. The quantitative estimate of drug-likeness (QED) is 0.485. The number of allylic oxidation sites excluding steroid dienone is 2. The molecule has 0 aromatic heterocycles. The largest absolute Gasteiger partial charge is 0.242 e. The first-order valence-corrected chi connectivity index (χ1v) is 3.09. The predicted molar refractivity (Wildman–Crippen MR) is 32.4 cm³/mol. The van der Waals surface area contributed by atoms with Gasteiger partial charge in [-0.05, 0) is 19.3 Å². The minimum atomic E-state index is -0.983. The molecule has 0 amide bonds. The maximum Gasteiger partial charge on any atom is 0.135 e. The van der Waals surface area contributed by atoms with Crippen LogP contribution in [0.2, 0.25) is 0 Å². The lowest BCUT2D eigenvalue weighted by Gasteiger charge is -2.10. The SMILES string of the molecule is N#CC1=CCCCC1F. The highest BCUT2D eigenvalue weighted by molar-refractivity contribution is 5.26. The fourth-order valence-electron chi connectivity index (χ4n) is 0.954. The zero-order valence-corrected chi connectivity index (χ0v) is 5.10. The second-order valence-electron chi connectivity index (χ2n) is 2.17. The Morgan fingerprint density at radius 1 is 1.78 bits per heavy atom. The summed E-state index contributed by atoms with van der Waals surface area (Å²) in [7, 11) is 0. The van der Waals surface area contributed by atoms with E-state index in [9.17, 15) is 4.39 Å². The van der Waals surface area contributed by atoms with Crippen LogP contribution in [0.25, 0.3) is 0 Å². The van der Waals surface area contributed by atoms with E-state index in [4.69, 9.17) is 5.26 Å². The van der Waals surface area contributed by atoms with Gasteiger partial charge in [-0.1, -0.05) is 6.08 Å². The van der Waals surface area contributed by atoms with Crippen molar-refractivity contribution < 1.29 is 4.39 Å². The predicted octanol–water partition coefficient (Wildman–Crippen LogP) is 1.96. The van der Waals surface area contributed by atoms with Gasteiger partial charge in [0.05, 0.1) is 11.6 Å². The summed E-state index contributed by atoms with van der Waals surface area (Å²) in [6.45, 7) is 0. The van der Waals surface area contributed by atoms with Crippen molar-refractivity contribution in [2.75, 3.05) is 0 Å². The van der Waals surface area contributed by atoms with E-state index in [1.807, 2.05) is 6.07 Å². The third-order valence-electron chi connectivity index (χ3n) is 1.49. The van der Waals surface area contributed by atoms with Crippen LogP contribution >= 0.6 is 0 Å². The van der Waals surface area contributed by atoms with E-state index in [2.05, 4.69) is 0 Å². The van der Waals surface area contributed by atoms with Gasteiger partial charge >= 0.3 is 0 Å². The van der Waals surface area contributed by atoms with Gasteiger partial charge in [0.2, 0.25) is 0 Å². The third kappa shape index (κ3) is 1.29. The van der Waals surface area contributed by atoms with Gasteiger partial charge in [-0.25, -0.2) is 4.39 Å². The molecule has 0 aromatic rings. The molecule has 1 aliphatic carbocycles. The Hall–Kier alpha value is -0.840. The summed E-state index contributed by atoms with van der Waals surface area (Å²) in [5.74, 6) is 0. The van der Waals surface area contributed by atoms with Crippen molar-refractivity contribution >= 4 is 0 Å². The highest BCUT2D eigenvalue weighted by Crippen LogP contribution is 2.19. The molecule has 0 heterocycles. The van der Waals surface area contributed by atoms with Crippen LogP contribution < -0.4 is 0 Å². The minimum Gasteiger partial charge on any atom is -0.242 e. The highest BCUT2D eigenvalue weighted by Gasteiger charge is 2.14. The average Bonchev–Trinajstić information content (AvgIpc) is 1.89. The molecule has 48 valence electrons. The highest BCUT2D eigenvalue weighted by atomic mass is 19.1. The Kier molecular flexibility index (Phi) is 1.84. The molecule has 0 spiro atoms. The lowest BCUT2D eigenvalue weighted by molar-refractivity contribution is 0.350. The van der Waals surface area contributed by atoms with Crippen LogP contribution in [0.4, 0.5) is 4.39 Å². The van der Waals surface area contributed by atoms with Crippen molar-refractivity contribution in [2.45, 2.75) is 25.4 Å². The van der Waals surface area contributed by atoms with E-state index < -0.39 is 6.17 Å². The smallest absolute Gasteiger partial charge is 0.135 e. The van der Waals surface area contributed by atoms with E-state index >= 15 is 0 Å². The summed E-state index contributed by atoms with van der Waals surface area (Å²) in [4.78, 5) is 0. The van der Waals surface area contributed by atoms with Gasteiger partial charge in [-0.3, -0.25) is 0 Å². The van der Waals surface area contributed by atoms with Crippen molar-refractivity contribution in [1.29, 1.82) is 5.26 Å². The molecule has 0 aliphatic heterocycles. The van der Waals surface area contributed by atoms with E-state index in [1.54, 1.807) is 6.08 Å². The molecule has 1 aliphatic rings. The zero-order valence-electron chi connectivity index (χ0n) is 5.10. The van der Waals surface area contributed by atoms with Gasteiger partial charge in [-0.15, -0.1) is 0 Å². The lowest BCUT2D eigenvalue weighted by Crippen LogP contribution is -2.06. The molecule has 0 radical (unpaired) electrons. The van der Waals surface area contributed by atoms with Crippen molar-refractivity contribution in [3.8, 4) is 6.07 Å². The Morgan fingerprint density at radius 3 is 3.00 bits per heavy atom. The molecular weight excluding hydrogens is 117 g/mol. The van der Waals surface area contributed by atoms with E-state index in [-0.39, 0.29) is 0 Å². The molecule has 1 atom stereocenters. The first-order valence-electron chi connectivity index (χ1n) is 3.09. The van der Waals surface area contributed by atoms with E-state index in [0.29, 0.717) is 12.0 Å². The standard InChI is InChI=1S/C7H8FN/c8-7-4-2-1-3-6(7)5-9/h3,7H,1-2,4H2. The Balaban J connectivity index is 2.67. The summed E-state index contributed by atoms with van der Waals surface area (Å²) < 4.78 is 12.6. The van der Waals surface area contributed by atoms with Crippen LogP contribution in [0, 0.1) is 11.3 Å². The van der Waals surface area contributed by atoms with Crippen molar-refractivity contribution in [3.63, 3.8) is 0 Å². The van der Waals surface area contributed by atoms with Crippen molar-refractivity contribution in [1.82, 2.24) is 0 Å². The molecule has 9 heavy (non-hydrogen) atoms. The van der Waals surface area contributed by atoms with Gasteiger partial charge < -0.3 is 0 Å². The molecule has 0 bridgehead atoms. The Bertz CT molecular complexity index is 166. The van der Waals surface area contributed by atoms with Crippen LogP contribution in [0.1, 0.15) is 19.3 Å². The second-order valence-corrected chi connectivity index (χ2v) is 2.17. The van der Waals surface area contributed by atoms with Crippen LogP contribution in [0.3, 0.4) is 0 Å². The van der Waals surface area contributed by atoms with Gasteiger partial charge in [0.15, 0.2) is 0 Å². The summed E-state index contributed by atoms with van der Waals surface area (Å²) in [5, 5.41) is 8.30. The first-order chi connectivity index (χ1) is 4.34. The maximum atomic E-state index is 12.6. The number of hydrogen-bond donors (Lipinski definition) is 0. The molecule has 0 N–H and O–H groups in total. The number of halogens is 1. The van der Waals surface area contributed by atoms with Crippen LogP contribution in [0.5, 0.6) is 0 Å². The fraction of sp³-hybridized carbons (Fsp3) is 0.571. The second kappa shape index (κ2) is 2.63. The number of hydrogen-bond acceptors (Lipinski definition) is 1. The molecular formula is C7H8FN. The third-order valence-corrected chi connectivity index (χ3v) is 1.49. The van der Waals surface area contributed by atoms with Gasteiger partial charge in [-0.2, -0.15) is 5.26 Å². The molecule has 1 rings (SSSR count). The zero-order chi connectivity index (χ0) is 6.69. The molecule has 0 saturated heterocycles. The Labute approximate surface area is 53.8 Å². The summed E-state index contributed by atoms with van der Waals surface area (Å²) in [5.41, 5.74) is 0.321. The van der Waals surface area contributed by atoms with Crippen LogP contribution in [-0.2, 0) is 0 Å². The van der Waals surface area contributed by atoms with Crippen molar-refractivity contribution in [3.05, 3.63) is 11.6 Å². The minimum absolute atomic E-state index is 0.321. The van der Waals surface area contributed by atoms with Gasteiger partial charge in [0.25, 0.3) is 0 Å². The van der Waals surface area contributed by atoms with Crippen LogP contribution in [-0.4, -0.2) is 6.17 Å². The summed E-state index contributed by atoms with van der Waals surface area (Å²) >= 11 is 0. The number of rotatable bonds is 0. The van der Waals surface area contributed by atoms with Crippen molar-refractivity contribution in [2.24, 2.45) is 0 Å². The monoisotopic (exact) mass is 125 g/mol.